The van der Waals surface area contributed by atoms with Crippen molar-refractivity contribution in [3.05, 3.63) is 84.0 Å². The third-order valence-corrected chi connectivity index (χ3v) is 6.09. The molecule has 31 heavy (non-hydrogen) atoms. The van der Waals surface area contributed by atoms with Crippen molar-refractivity contribution in [3.63, 3.8) is 0 Å². The fraction of sp³-hybridized carbons (Fsp3) is 0.250. The van der Waals surface area contributed by atoms with E-state index in [4.69, 9.17) is 5.73 Å². The number of ketones is 1. The largest absolute Gasteiger partial charge is 0.147 e. The molecule has 2 rings (SSSR count). The van der Waals surface area contributed by atoms with Crippen molar-refractivity contribution in [3.8, 4) is 11.1 Å². The molecule has 7 heteroatoms. The van der Waals surface area contributed by atoms with Crippen LogP contribution in [0.2, 0.25) is 0 Å². The number of allylic oxidation sites excluding steroid dienone is 2. The van der Waals surface area contributed by atoms with Crippen molar-refractivity contribution < 1.29 is 14.7 Å². The fourth-order valence-electron chi connectivity index (χ4n) is 3.32. The Kier molecular flexibility index (Phi) is 12.1. The number of carboxylic acid groups (broad SMARTS) is 1. The maximum atomic E-state index is 12.4. The first-order valence-electron chi connectivity index (χ1n) is 9.50. The maximum Gasteiger partial charge on any atom is -0.147 e. The van der Waals surface area contributed by atoms with E-state index in [1.165, 1.54) is 0 Å². The van der Waals surface area contributed by atoms with Crippen LogP contribution in [0, 0.1) is 0 Å². The number of halogens is 2. The van der Waals surface area contributed by atoms with Gasteiger partial charge in [0, 0.05) is 0 Å². The molecule has 0 saturated carbocycles. The molecule has 4 nitrogen and oxygen atoms in total. The van der Waals surface area contributed by atoms with Crippen molar-refractivity contribution in [2.24, 2.45) is 5.73 Å². The molecule has 2 aromatic carbocycles. The van der Waals surface area contributed by atoms with Gasteiger partial charge in [0.25, 0.3) is 0 Å². The van der Waals surface area contributed by atoms with E-state index in [1.807, 2.05) is 42.5 Å². The molecule has 0 aliphatic rings. The molecule has 0 aromatic heterocycles. The first kappa shape index (κ1) is 29.2. The second-order valence-electron chi connectivity index (χ2n) is 7.21. The number of rotatable bonds is 10. The summed E-state index contributed by atoms with van der Waals surface area (Å²) in [6, 6.07) is 11.5. The number of nitrogens with two attached hydrogens (primary N) is 1. The Bertz CT molecular complexity index is 958. The van der Waals surface area contributed by atoms with E-state index in [-0.39, 0.29) is 37.0 Å². The molecule has 0 saturated heterocycles. The Hall–Kier alpha value is -1.84. The van der Waals surface area contributed by atoms with E-state index < -0.39 is 10.2 Å². The number of carbonyl (C=O) groups is 2. The van der Waals surface area contributed by atoms with Crippen LogP contribution in [0.5, 0.6) is 0 Å². The molecular formula is C24H30AsCl2NO3. The molecule has 0 aliphatic carbocycles. The van der Waals surface area contributed by atoms with Crippen LogP contribution in [0.1, 0.15) is 40.4 Å². The summed E-state index contributed by atoms with van der Waals surface area (Å²) in [5, 5.41) is 9.78. The summed E-state index contributed by atoms with van der Waals surface area (Å²) in [5.41, 5.74) is 10.6. The van der Waals surface area contributed by atoms with Crippen LogP contribution in [-0.4, -0.2) is 40.3 Å². The minimum Gasteiger partial charge on any atom is -0.147 e. The van der Waals surface area contributed by atoms with Gasteiger partial charge >= 0.3 is 181 Å². The standard InChI is InChI=1S/C24H28AsNO3.2ClH/c1-4-6-16-8-11-21(24(3,25)23(28)29)20(14-16)18-9-10-19(22(27)12-13-26)17(15-18)7-5-2;;/h4-5,8-11,14-15H,1-2,6-7,12-13,25-26H2,3H3,(H,28,29);2*1H. The summed E-state index contributed by atoms with van der Waals surface area (Å²) in [7, 11) is 0. The second kappa shape index (κ2) is 12.9. The van der Waals surface area contributed by atoms with Crippen molar-refractivity contribution >= 4 is 53.4 Å². The van der Waals surface area contributed by atoms with Gasteiger partial charge in [-0.2, -0.15) is 0 Å². The summed E-state index contributed by atoms with van der Waals surface area (Å²) < 4.78 is -0.998. The topological polar surface area (TPSA) is 80.4 Å². The molecular weight excluding hydrogens is 496 g/mol. The Labute approximate surface area is 205 Å². The van der Waals surface area contributed by atoms with Crippen LogP contribution in [0.4, 0.5) is 0 Å². The quantitative estimate of drug-likeness (QED) is 0.278. The Morgan fingerprint density at radius 3 is 2.29 bits per heavy atom. The number of Topliss-reactive ketones (excluding diaryl/α,β-unsaturated/α-hetero) is 1. The summed E-state index contributed by atoms with van der Waals surface area (Å²) in [6.07, 6.45) is 5.12. The van der Waals surface area contributed by atoms with E-state index in [1.54, 1.807) is 13.0 Å². The summed E-state index contributed by atoms with van der Waals surface area (Å²) in [4.78, 5) is 24.4. The number of carboxylic acids is 1. The molecule has 0 bridgehead atoms. The van der Waals surface area contributed by atoms with E-state index in [0.717, 1.165) is 44.7 Å². The van der Waals surface area contributed by atoms with Crippen LogP contribution >= 0.6 is 24.8 Å². The van der Waals surface area contributed by atoms with E-state index in [2.05, 4.69) is 13.2 Å². The van der Waals surface area contributed by atoms with Gasteiger partial charge in [-0.05, 0) is 0 Å². The minimum atomic E-state index is -0.998. The third-order valence-electron chi connectivity index (χ3n) is 4.92. The van der Waals surface area contributed by atoms with Crippen LogP contribution in [0.25, 0.3) is 11.1 Å². The van der Waals surface area contributed by atoms with Gasteiger partial charge in [-0.15, -0.1) is 24.8 Å². The zero-order valence-corrected chi connectivity index (χ0v) is 21.7. The van der Waals surface area contributed by atoms with Gasteiger partial charge in [-0.3, -0.25) is 0 Å². The number of aliphatic carboxylic acids is 1. The van der Waals surface area contributed by atoms with Crippen molar-refractivity contribution in [1.82, 2.24) is 0 Å². The zero-order valence-electron chi connectivity index (χ0n) is 17.6. The number of hydrogen-bond donors (Lipinski definition) is 2. The SMILES string of the molecule is C=CCc1ccc(C(C)([AsH2])C(=O)O)c(-c2ccc(C(=O)CCN)c(CC=C)c2)c1.Cl.Cl. The van der Waals surface area contributed by atoms with Gasteiger partial charge in [-0.25, -0.2) is 0 Å². The van der Waals surface area contributed by atoms with Gasteiger partial charge in [0.1, 0.15) is 0 Å². The molecule has 2 unspecified atom stereocenters. The fourth-order valence-corrected chi connectivity index (χ4v) is 3.84. The molecule has 2 atom stereocenters. The third kappa shape index (κ3) is 6.82. The minimum absolute atomic E-state index is 0. The van der Waals surface area contributed by atoms with Crippen LogP contribution in [0.15, 0.2) is 61.7 Å². The Morgan fingerprint density at radius 2 is 1.74 bits per heavy atom. The molecule has 0 radical (unpaired) electrons. The molecule has 0 aliphatic heterocycles. The first-order chi connectivity index (χ1) is 13.8. The Morgan fingerprint density at radius 1 is 1.10 bits per heavy atom. The molecule has 3 N–H and O–H groups in total. The average Bonchev–Trinajstić information content (AvgIpc) is 2.68. The van der Waals surface area contributed by atoms with Gasteiger partial charge in [0.05, 0.1) is 0 Å². The first-order valence-corrected chi connectivity index (χ1v) is 10.7. The summed E-state index contributed by atoms with van der Waals surface area (Å²) in [5.74, 6) is -0.859. The molecule has 0 spiro atoms. The van der Waals surface area contributed by atoms with E-state index in [0.29, 0.717) is 24.9 Å². The maximum absolute atomic E-state index is 12.4. The van der Waals surface area contributed by atoms with Crippen molar-refractivity contribution in [2.75, 3.05) is 6.54 Å². The van der Waals surface area contributed by atoms with E-state index in [9.17, 15) is 14.7 Å². The van der Waals surface area contributed by atoms with Crippen LogP contribution in [-0.2, 0) is 21.8 Å². The van der Waals surface area contributed by atoms with Crippen LogP contribution in [0.3, 0.4) is 0 Å². The average molecular weight is 526 g/mol. The molecule has 0 heterocycles. The Balaban J connectivity index is 0.00000450. The van der Waals surface area contributed by atoms with Gasteiger partial charge in [0.2, 0.25) is 0 Å². The van der Waals surface area contributed by atoms with Gasteiger partial charge in [-0.1, -0.05) is 0 Å². The normalized spacial score (nSPS) is 12.0. The monoisotopic (exact) mass is 525 g/mol. The summed E-state index contributed by atoms with van der Waals surface area (Å²) in [6.45, 7) is 9.63. The summed E-state index contributed by atoms with van der Waals surface area (Å²) >= 11 is 1.14. The molecule has 0 amide bonds. The molecule has 2 aromatic rings. The predicted molar refractivity (Wildman–Crippen MR) is 136 cm³/mol. The number of benzene rings is 2. The number of carbonyl (C=O) groups excluding carboxylic acids is 1. The molecule has 0 fully saturated rings. The second-order valence-corrected chi connectivity index (χ2v) is 9.63. The van der Waals surface area contributed by atoms with Crippen LogP contribution < -0.4 is 5.73 Å². The predicted octanol–water partition coefficient (Wildman–Crippen LogP) is 4.12. The van der Waals surface area contributed by atoms with Gasteiger partial charge < -0.3 is 0 Å². The smallest absolute Gasteiger partial charge is 0.147 e. The van der Waals surface area contributed by atoms with Crippen molar-refractivity contribution in [1.29, 1.82) is 0 Å². The van der Waals surface area contributed by atoms with E-state index >= 15 is 0 Å². The van der Waals surface area contributed by atoms with Gasteiger partial charge in [0.15, 0.2) is 0 Å². The number of hydrogen-bond acceptors (Lipinski definition) is 3. The molecule has 168 valence electrons. The zero-order chi connectivity index (χ0) is 21.6. The van der Waals surface area contributed by atoms with Crippen molar-refractivity contribution in [2.45, 2.75) is 30.4 Å².